The average Bonchev–Trinajstić information content (AvgIpc) is 2.78. The second-order valence-corrected chi connectivity index (χ2v) is 7.19. The number of benzene rings is 2. The first-order valence-corrected chi connectivity index (χ1v) is 10.1. The van der Waals surface area contributed by atoms with Crippen LogP contribution in [0, 0.1) is 0 Å². The smallest absolute Gasteiger partial charge is 0.314 e. The van der Waals surface area contributed by atoms with Crippen LogP contribution in [0.3, 0.4) is 0 Å². The SMILES string of the molecule is COc1ccc(-c2nnc(CCNC(=O)NC(C)C)nc2-c2ccc(OC)cc2)cc1. The number of ether oxygens (including phenoxy) is 2. The zero-order valence-electron chi connectivity index (χ0n) is 18.2. The standard InChI is InChI=1S/C23H27N5O3/c1-15(2)25-23(29)24-14-13-20-26-21(16-5-9-18(30-3)10-6-16)22(28-27-20)17-7-11-19(31-4)12-8-17/h5-12,15H,13-14H2,1-4H3,(H2,24,25,29). The van der Waals surface area contributed by atoms with Gasteiger partial charge in [0, 0.05) is 30.1 Å². The summed E-state index contributed by atoms with van der Waals surface area (Å²) >= 11 is 0. The molecule has 3 rings (SSSR count). The second-order valence-electron chi connectivity index (χ2n) is 7.19. The minimum absolute atomic E-state index is 0.0726. The zero-order chi connectivity index (χ0) is 22.2. The van der Waals surface area contributed by atoms with Crippen LogP contribution in [0.5, 0.6) is 11.5 Å². The van der Waals surface area contributed by atoms with Crippen molar-refractivity contribution in [1.29, 1.82) is 0 Å². The molecule has 0 saturated heterocycles. The number of methoxy groups -OCH3 is 2. The van der Waals surface area contributed by atoms with Crippen molar-refractivity contribution in [2.75, 3.05) is 20.8 Å². The minimum Gasteiger partial charge on any atom is -0.497 e. The average molecular weight is 422 g/mol. The molecular weight excluding hydrogens is 394 g/mol. The lowest BCUT2D eigenvalue weighted by Crippen LogP contribution is -2.40. The highest BCUT2D eigenvalue weighted by molar-refractivity contribution is 5.78. The van der Waals surface area contributed by atoms with Crippen LogP contribution in [0.1, 0.15) is 19.7 Å². The maximum Gasteiger partial charge on any atom is 0.314 e. The minimum atomic E-state index is -0.215. The fraction of sp³-hybridized carbons (Fsp3) is 0.304. The van der Waals surface area contributed by atoms with Crippen molar-refractivity contribution in [3.05, 3.63) is 54.4 Å². The normalized spacial score (nSPS) is 10.6. The number of amides is 2. The summed E-state index contributed by atoms with van der Waals surface area (Å²) < 4.78 is 10.5. The summed E-state index contributed by atoms with van der Waals surface area (Å²) in [6.07, 6.45) is 0.463. The van der Waals surface area contributed by atoms with Crippen LogP contribution < -0.4 is 20.1 Å². The van der Waals surface area contributed by atoms with E-state index >= 15 is 0 Å². The van der Waals surface area contributed by atoms with Gasteiger partial charge in [0.2, 0.25) is 0 Å². The van der Waals surface area contributed by atoms with Gasteiger partial charge in [-0.2, -0.15) is 0 Å². The molecule has 0 aliphatic heterocycles. The van der Waals surface area contributed by atoms with Crippen molar-refractivity contribution < 1.29 is 14.3 Å². The third-order valence-electron chi connectivity index (χ3n) is 4.51. The van der Waals surface area contributed by atoms with Gasteiger partial charge in [-0.1, -0.05) is 0 Å². The largest absolute Gasteiger partial charge is 0.497 e. The molecule has 0 spiro atoms. The van der Waals surface area contributed by atoms with Crippen LogP contribution in [0.25, 0.3) is 22.5 Å². The summed E-state index contributed by atoms with van der Waals surface area (Å²) in [4.78, 5) is 16.5. The van der Waals surface area contributed by atoms with Crippen LogP contribution in [0.2, 0.25) is 0 Å². The van der Waals surface area contributed by atoms with Gasteiger partial charge < -0.3 is 20.1 Å². The van der Waals surface area contributed by atoms with E-state index in [1.54, 1.807) is 14.2 Å². The molecule has 0 aliphatic rings. The molecule has 1 aromatic heterocycles. The Balaban J connectivity index is 1.88. The summed E-state index contributed by atoms with van der Waals surface area (Å²) in [5.74, 6) is 2.07. The van der Waals surface area contributed by atoms with Crippen LogP contribution in [-0.4, -0.2) is 48.0 Å². The quantitative estimate of drug-likeness (QED) is 0.578. The van der Waals surface area contributed by atoms with Gasteiger partial charge in [0.05, 0.1) is 14.2 Å². The van der Waals surface area contributed by atoms with Gasteiger partial charge in [-0.3, -0.25) is 0 Å². The molecule has 1 heterocycles. The number of carbonyl (C=O) groups is 1. The fourth-order valence-corrected chi connectivity index (χ4v) is 2.96. The molecule has 162 valence electrons. The molecule has 0 unspecified atom stereocenters. The van der Waals surface area contributed by atoms with Crippen LogP contribution in [0.4, 0.5) is 4.79 Å². The van der Waals surface area contributed by atoms with E-state index in [1.165, 1.54) is 0 Å². The molecule has 0 saturated carbocycles. The lowest BCUT2D eigenvalue weighted by molar-refractivity contribution is 0.238. The van der Waals surface area contributed by atoms with E-state index in [-0.39, 0.29) is 12.1 Å². The van der Waals surface area contributed by atoms with Gasteiger partial charge in [0.1, 0.15) is 22.9 Å². The van der Waals surface area contributed by atoms with Gasteiger partial charge in [-0.15, -0.1) is 10.2 Å². The highest BCUT2D eigenvalue weighted by Crippen LogP contribution is 2.30. The number of hydrogen-bond donors (Lipinski definition) is 2. The molecule has 0 atom stereocenters. The molecule has 0 bridgehead atoms. The Kier molecular flexibility index (Phi) is 7.37. The van der Waals surface area contributed by atoms with Gasteiger partial charge in [-0.05, 0) is 62.4 Å². The molecule has 2 N–H and O–H groups in total. The molecule has 2 amide bonds. The number of hydrogen-bond acceptors (Lipinski definition) is 6. The van der Waals surface area contributed by atoms with Crippen molar-refractivity contribution in [2.45, 2.75) is 26.3 Å². The molecular formula is C23H27N5O3. The molecule has 0 aliphatic carbocycles. The molecule has 8 nitrogen and oxygen atoms in total. The van der Waals surface area contributed by atoms with Crippen molar-refractivity contribution in [2.24, 2.45) is 0 Å². The maximum atomic E-state index is 11.8. The first-order valence-electron chi connectivity index (χ1n) is 10.1. The number of urea groups is 1. The van der Waals surface area contributed by atoms with Gasteiger partial charge in [0.15, 0.2) is 5.82 Å². The highest BCUT2D eigenvalue weighted by Gasteiger charge is 2.14. The number of nitrogens with one attached hydrogen (secondary N) is 2. The molecule has 31 heavy (non-hydrogen) atoms. The summed E-state index contributed by atoms with van der Waals surface area (Å²) in [5, 5.41) is 14.3. The first-order chi connectivity index (χ1) is 15.0. The van der Waals surface area contributed by atoms with Crippen molar-refractivity contribution in [3.63, 3.8) is 0 Å². The third kappa shape index (κ3) is 5.91. The van der Waals surface area contributed by atoms with Crippen LogP contribution in [0.15, 0.2) is 48.5 Å². The van der Waals surface area contributed by atoms with Crippen molar-refractivity contribution >= 4 is 6.03 Å². The van der Waals surface area contributed by atoms with Crippen LogP contribution >= 0.6 is 0 Å². The van der Waals surface area contributed by atoms with Crippen molar-refractivity contribution in [3.8, 4) is 34.0 Å². The van der Waals surface area contributed by atoms with E-state index in [1.807, 2.05) is 62.4 Å². The predicted molar refractivity (Wildman–Crippen MR) is 119 cm³/mol. The maximum absolute atomic E-state index is 11.8. The van der Waals surface area contributed by atoms with E-state index in [2.05, 4.69) is 20.8 Å². The Bertz CT molecular complexity index is 1000. The predicted octanol–water partition coefficient (Wildman–Crippen LogP) is 3.47. The summed E-state index contributed by atoms with van der Waals surface area (Å²) in [5.41, 5.74) is 3.16. The Morgan fingerprint density at radius 2 is 1.42 bits per heavy atom. The molecule has 0 radical (unpaired) electrons. The van der Waals surface area contributed by atoms with E-state index in [4.69, 9.17) is 14.5 Å². The number of nitrogens with zero attached hydrogens (tertiary/aromatic N) is 3. The van der Waals surface area contributed by atoms with Gasteiger partial charge in [-0.25, -0.2) is 9.78 Å². The lowest BCUT2D eigenvalue weighted by Gasteiger charge is -2.12. The van der Waals surface area contributed by atoms with Crippen LogP contribution in [-0.2, 0) is 6.42 Å². The monoisotopic (exact) mass is 421 g/mol. The Morgan fingerprint density at radius 1 is 0.871 bits per heavy atom. The first kappa shape index (κ1) is 22.0. The van der Waals surface area contributed by atoms with E-state index in [0.29, 0.717) is 30.2 Å². The second kappa shape index (κ2) is 10.4. The van der Waals surface area contributed by atoms with Crippen molar-refractivity contribution in [1.82, 2.24) is 25.8 Å². The topological polar surface area (TPSA) is 98.3 Å². The Hall–Kier alpha value is -3.68. The Morgan fingerprint density at radius 3 is 1.94 bits per heavy atom. The molecule has 2 aromatic carbocycles. The lowest BCUT2D eigenvalue weighted by atomic mass is 10.0. The summed E-state index contributed by atoms with van der Waals surface area (Å²) in [6, 6.07) is 15.1. The molecule has 3 aromatic rings. The van der Waals surface area contributed by atoms with Gasteiger partial charge in [0.25, 0.3) is 0 Å². The fourth-order valence-electron chi connectivity index (χ4n) is 2.96. The summed E-state index contributed by atoms with van der Waals surface area (Å²) in [6.45, 7) is 4.22. The number of rotatable bonds is 8. The number of aromatic nitrogens is 3. The Labute approximate surface area is 182 Å². The molecule has 8 heteroatoms. The van der Waals surface area contributed by atoms with E-state index < -0.39 is 0 Å². The van der Waals surface area contributed by atoms with E-state index in [9.17, 15) is 4.79 Å². The van der Waals surface area contributed by atoms with E-state index in [0.717, 1.165) is 22.6 Å². The van der Waals surface area contributed by atoms with Gasteiger partial charge >= 0.3 is 6.03 Å². The highest BCUT2D eigenvalue weighted by atomic mass is 16.5. The summed E-state index contributed by atoms with van der Waals surface area (Å²) in [7, 11) is 3.26. The zero-order valence-corrected chi connectivity index (χ0v) is 18.2. The number of carbonyl (C=O) groups excluding carboxylic acids is 1. The third-order valence-corrected chi connectivity index (χ3v) is 4.51. The molecule has 0 fully saturated rings.